The number of carbonyl (C=O) groups excluding carboxylic acids is 1. The average molecular weight is 390 g/mol. The van der Waals surface area contributed by atoms with Gasteiger partial charge in [0.2, 0.25) is 5.91 Å². The first-order valence-corrected chi connectivity index (χ1v) is 9.50. The maximum atomic E-state index is 12.3. The van der Waals surface area contributed by atoms with Gasteiger partial charge < -0.3 is 14.8 Å². The molecule has 0 unspecified atom stereocenters. The number of nitro benzene ring substituents is 1. The first-order chi connectivity index (χ1) is 13.0. The van der Waals surface area contributed by atoms with E-state index in [1.807, 2.05) is 0 Å². The van der Waals surface area contributed by atoms with E-state index < -0.39 is 4.92 Å². The van der Waals surface area contributed by atoms with Crippen molar-refractivity contribution in [2.75, 3.05) is 24.8 Å². The second-order valence-corrected chi connectivity index (χ2v) is 6.70. The summed E-state index contributed by atoms with van der Waals surface area (Å²) in [5, 5.41) is 13.5. The first kappa shape index (κ1) is 20.6. The number of anilines is 1. The summed E-state index contributed by atoms with van der Waals surface area (Å²) < 4.78 is 10.9. The Hall–Kier alpha value is -2.74. The molecule has 2 aromatic rings. The van der Waals surface area contributed by atoms with Crippen molar-refractivity contribution in [1.29, 1.82) is 0 Å². The molecule has 2 rings (SSSR count). The van der Waals surface area contributed by atoms with Crippen molar-refractivity contribution in [2.45, 2.75) is 24.7 Å². The number of carbonyl (C=O) groups is 1. The largest absolute Gasteiger partial charge is 0.497 e. The molecular weight excluding hydrogens is 368 g/mol. The van der Waals surface area contributed by atoms with Crippen LogP contribution in [0.25, 0.3) is 0 Å². The van der Waals surface area contributed by atoms with Gasteiger partial charge in [0.25, 0.3) is 5.69 Å². The molecule has 27 heavy (non-hydrogen) atoms. The lowest BCUT2D eigenvalue weighted by Gasteiger charge is -2.13. The predicted octanol–water partition coefficient (Wildman–Crippen LogP) is 4.51. The number of unbranched alkanes of at least 4 members (excludes halogenated alkanes) is 1. The standard InChI is InChI=1S/C19H22N2O5S/c1-3-4-11-26-18-10-7-15(25-2)12-17(18)20-19(22)13-27-16-8-5-14(6-9-16)21(23)24/h5-10,12H,3-4,11,13H2,1-2H3,(H,20,22). The van der Waals surface area contributed by atoms with Gasteiger partial charge in [0.15, 0.2) is 0 Å². The maximum absolute atomic E-state index is 12.3. The molecule has 0 saturated carbocycles. The number of non-ortho nitro benzene ring substituents is 1. The summed E-state index contributed by atoms with van der Waals surface area (Å²) in [6.07, 6.45) is 1.94. The lowest BCUT2D eigenvalue weighted by atomic mass is 10.2. The van der Waals surface area contributed by atoms with E-state index in [0.717, 1.165) is 17.7 Å². The van der Waals surface area contributed by atoms with E-state index >= 15 is 0 Å². The van der Waals surface area contributed by atoms with Gasteiger partial charge in [-0.25, -0.2) is 0 Å². The number of nitrogens with one attached hydrogen (secondary N) is 1. The van der Waals surface area contributed by atoms with Crippen LogP contribution in [0.5, 0.6) is 11.5 Å². The second kappa shape index (κ2) is 10.4. The first-order valence-electron chi connectivity index (χ1n) is 8.51. The van der Waals surface area contributed by atoms with Gasteiger partial charge in [-0.3, -0.25) is 14.9 Å². The number of methoxy groups -OCH3 is 1. The number of benzene rings is 2. The normalized spacial score (nSPS) is 10.3. The average Bonchev–Trinajstić information content (AvgIpc) is 2.68. The lowest BCUT2D eigenvalue weighted by Crippen LogP contribution is -2.15. The highest BCUT2D eigenvalue weighted by atomic mass is 32.2. The van der Waals surface area contributed by atoms with Crippen LogP contribution in [0.15, 0.2) is 47.4 Å². The Kier molecular flexibility index (Phi) is 7.94. The molecule has 144 valence electrons. The second-order valence-electron chi connectivity index (χ2n) is 5.65. The van der Waals surface area contributed by atoms with E-state index in [4.69, 9.17) is 9.47 Å². The highest BCUT2D eigenvalue weighted by Gasteiger charge is 2.11. The third-order valence-electron chi connectivity index (χ3n) is 3.63. The zero-order valence-corrected chi connectivity index (χ0v) is 16.1. The third kappa shape index (κ3) is 6.49. The fraction of sp³-hybridized carbons (Fsp3) is 0.316. The number of amides is 1. The minimum absolute atomic E-state index is 0.0223. The number of nitro groups is 1. The molecule has 0 heterocycles. The summed E-state index contributed by atoms with van der Waals surface area (Å²) in [6.45, 7) is 2.65. The van der Waals surface area contributed by atoms with Crippen LogP contribution in [-0.4, -0.2) is 30.3 Å². The minimum Gasteiger partial charge on any atom is -0.497 e. The smallest absolute Gasteiger partial charge is 0.269 e. The molecule has 0 spiro atoms. The van der Waals surface area contributed by atoms with Gasteiger partial charge in [0.1, 0.15) is 11.5 Å². The topological polar surface area (TPSA) is 90.7 Å². The molecule has 2 aromatic carbocycles. The molecule has 0 bridgehead atoms. The minimum atomic E-state index is -0.454. The van der Waals surface area contributed by atoms with Crippen LogP contribution in [0.1, 0.15) is 19.8 Å². The monoisotopic (exact) mass is 390 g/mol. The Bertz CT molecular complexity index is 780. The SMILES string of the molecule is CCCCOc1ccc(OC)cc1NC(=O)CSc1ccc([N+](=O)[O-])cc1. The van der Waals surface area contributed by atoms with Gasteiger partial charge in [0.05, 0.1) is 30.1 Å². The highest BCUT2D eigenvalue weighted by molar-refractivity contribution is 8.00. The van der Waals surface area contributed by atoms with E-state index in [1.165, 1.54) is 23.9 Å². The molecular formula is C19H22N2O5S. The Morgan fingerprint density at radius 3 is 2.59 bits per heavy atom. The van der Waals surface area contributed by atoms with Crippen LogP contribution in [-0.2, 0) is 4.79 Å². The summed E-state index contributed by atoms with van der Waals surface area (Å²) in [5.41, 5.74) is 0.578. The zero-order chi connectivity index (χ0) is 19.6. The summed E-state index contributed by atoms with van der Waals surface area (Å²) >= 11 is 1.30. The van der Waals surface area contributed by atoms with Crippen LogP contribution in [0.3, 0.4) is 0 Å². The van der Waals surface area contributed by atoms with Crippen molar-refractivity contribution < 1.29 is 19.2 Å². The van der Waals surface area contributed by atoms with Gasteiger partial charge in [-0.2, -0.15) is 0 Å². The predicted molar refractivity (Wildman–Crippen MR) is 106 cm³/mol. The van der Waals surface area contributed by atoms with Crippen molar-refractivity contribution >= 4 is 29.0 Å². The van der Waals surface area contributed by atoms with Gasteiger partial charge in [0, 0.05) is 23.1 Å². The van der Waals surface area contributed by atoms with Crippen molar-refractivity contribution in [3.63, 3.8) is 0 Å². The third-order valence-corrected chi connectivity index (χ3v) is 4.65. The molecule has 0 aliphatic rings. The van der Waals surface area contributed by atoms with Crippen molar-refractivity contribution in [1.82, 2.24) is 0 Å². The summed E-state index contributed by atoms with van der Waals surface area (Å²) in [6, 6.07) is 11.4. The van der Waals surface area contributed by atoms with Crippen LogP contribution in [0.2, 0.25) is 0 Å². The number of hydrogen-bond acceptors (Lipinski definition) is 6. The number of rotatable bonds is 10. The summed E-state index contributed by atoms with van der Waals surface area (Å²) in [5.74, 6) is 1.18. The van der Waals surface area contributed by atoms with Crippen molar-refractivity contribution in [2.24, 2.45) is 0 Å². The van der Waals surface area contributed by atoms with E-state index in [1.54, 1.807) is 37.4 Å². The lowest BCUT2D eigenvalue weighted by molar-refractivity contribution is -0.384. The Labute approximate surface area is 162 Å². The number of nitrogens with zero attached hydrogens (tertiary/aromatic N) is 1. The van der Waals surface area contributed by atoms with E-state index in [2.05, 4.69) is 12.2 Å². The Balaban J connectivity index is 1.97. The molecule has 8 heteroatoms. The molecule has 0 saturated heterocycles. The molecule has 0 aliphatic heterocycles. The Morgan fingerprint density at radius 2 is 1.96 bits per heavy atom. The number of thioether (sulfide) groups is 1. The Morgan fingerprint density at radius 1 is 1.22 bits per heavy atom. The van der Waals surface area contributed by atoms with Crippen molar-refractivity contribution in [3.05, 3.63) is 52.6 Å². The van der Waals surface area contributed by atoms with Crippen molar-refractivity contribution in [3.8, 4) is 11.5 Å². The van der Waals surface area contributed by atoms with Gasteiger partial charge in [-0.05, 0) is 30.7 Å². The maximum Gasteiger partial charge on any atom is 0.269 e. The van der Waals surface area contributed by atoms with Crippen LogP contribution < -0.4 is 14.8 Å². The highest BCUT2D eigenvalue weighted by Crippen LogP contribution is 2.30. The summed E-state index contributed by atoms with van der Waals surface area (Å²) in [7, 11) is 1.56. The van der Waals surface area contributed by atoms with Crippen LogP contribution in [0, 0.1) is 10.1 Å². The molecule has 0 atom stereocenters. The molecule has 0 aromatic heterocycles. The summed E-state index contributed by atoms with van der Waals surface area (Å²) in [4.78, 5) is 23.3. The van der Waals surface area contributed by atoms with E-state index in [-0.39, 0.29) is 17.3 Å². The number of ether oxygens (including phenoxy) is 2. The molecule has 0 aliphatic carbocycles. The fourth-order valence-corrected chi connectivity index (χ4v) is 2.88. The zero-order valence-electron chi connectivity index (χ0n) is 15.3. The number of hydrogen-bond donors (Lipinski definition) is 1. The van der Waals surface area contributed by atoms with Gasteiger partial charge in [-0.15, -0.1) is 11.8 Å². The fourth-order valence-electron chi connectivity index (χ4n) is 2.19. The quantitative estimate of drug-likeness (QED) is 0.278. The van der Waals surface area contributed by atoms with Gasteiger partial charge >= 0.3 is 0 Å². The molecule has 1 amide bonds. The van der Waals surface area contributed by atoms with E-state index in [9.17, 15) is 14.9 Å². The molecule has 7 nitrogen and oxygen atoms in total. The van der Waals surface area contributed by atoms with Gasteiger partial charge in [-0.1, -0.05) is 13.3 Å². The van der Waals surface area contributed by atoms with Crippen LogP contribution in [0.4, 0.5) is 11.4 Å². The molecule has 0 radical (unpaired) electrons. The molecule has 0 fully saturated rings. The van der Waals surface area contributed by atoms with Crippen LogP contribution >= 0.6 is 11.8 Å². The van der Waals surface area contributed by atoms with E-state index in [0.29, 0.717) is 23.8 Å². The molecule has 1 N–H and O–H groups in total.